The van der Waals surface area contributed by atoms with Crippen molar-refractivity contribution in [1.29, 1.82) is 0 Å². The van der Waals surface area contributed by atoms with Crippen molar-refractivity contribution in [3.05, 3.63) is 36.4 Å². The smallest absolute Gasteiger partial charge is 0.126 e. The van der Waals surface area contributed by atoms with Gasteiger partial charge in [-0.25, -0.2) is 0 Å². The standard InChI is InChI=1S/C11H14O2/c1-4-7-13-11-8-10(12-3)6-5-9(11)2/h4-6,8H,1,7H2,2-3H3. The molecular weight excluding hydrogens is 164 g/mol. The van der Waals surface area contributed by atoms with Crippen LogP contribution in [0.15, 0.2) is 30.9 Å². The van der Waals surface area contributed by atoms with Crippen LogP contribution in [-0.2, 0) is 0 Å². The molecule has 13 heavy (non-hydrogen) atoms. The molecule has 0 aromatic heterocycles. The third-order valence-electron chi connectivity index (χ3n) is 1.75. The van der Waals surface area contributed by atoms with E-state index in [1.54, 1.807) is 13.2 Å². The fourth-order valence-electron chi connectivity index (χ4n) is 1.01. The molecule has 2 nitrogen and oxygen atoms in total. The number of ether oxygens (including phenoxy) is 2. The maximum atomic E-state index is 5.43. The molecule has 0 bridgehead atoms. The Labute approximate surface area is 78.8 Å². The highest BCUT2D eigenvalue weighted by molar-refractivity contribution is 5.39. The summed E-state index contributed by atoms with van der Waals surface area (Å²) in [5.41, 5.74) is 1.10. The molecule has 1 aromatic rings. The van der Waals surface area contributed by atoms with Gasteiger partial charge < -0.3 is 9.47 Å². The summed E-state index contributed by atoms with van der Waals surface area (Å²) in [4.78, 5) is 0. The quantitative estimate of drug-likeness (QED) is 0.660. The van der Waals surface area contributed by atoms with Crippen LogP contribution < -0.4 is 9.47 Å². The van der Waals surface area contributed by atoms with Crippen LogP contribution in [0, 0.1) is 6.92 Å². The van der Waals surface area contributed by atoms with Gasteiger partial charge in [-0.1, -0.05) is 18.7 Å². The highest BCUT2D eigenvalue weighted by Gasteiger charge is 2.00. The molecule has 0 aliphatic carbocycles. The molecule has 0 aliphatic rings. The molecule has 2 heteroatoms. The molecule has 0 heterocycles. The Balaban J connectivity index is 2.83. The van der Waals surface area contributed by atoms with Crippen molar-refractivity contribution in [1.82, 2.24) is 0 Å². The summed E-state index contributed by atoms with van der Waals surface area (Å²) in [6.07, 6.45) is 1.72. The Morgan fingerprint density at radius 1 is 1.46 bits per heavy atom. The molecule has 70 valence electrons. The molecule has 0 spiro atoms. The van der Waals surface area contributed by atoms with E-state index < -0.39 is 0 Å². The molecule has 0 aliphatic heterocycles. The first-order chi connectivity index (χ1) is 6.27. The Morgan fingerprint density at radius 2 is 2.23 bits per heavy atom. The first-order valence-corrected chi connectivity index (χ1v) is 4.16. The minimum atomic E-state index is 0.522. The van der Waals surface area contributed by atoms with Gasteiger partial charge in [0.05, 0.1) is 7.11 Å². The summed E-state index contributed by atoms with van der Waals surface area (Å²) < 4.78 is 10.5. The number of benzene rings is 1. The molecule has 1 rings (SSSR count). The van der Waals surface area contributed by atoms with Gasteiger partial charge in [0.25, 0.3) is 0 Å². The fraction of sp³-hybridized carbons (Fsp3) is 0.273. The van der Waals surface area contributed by atoms with Gasteiger partial charge in [-0.2, -0.15) is 0 Å². The van der Waals surface area contributed by atoms with Gasteiger partial charge in [-0.3, -0.25) is 0 Å². The second-order valence-electron chi connectivity index (χ2n) is 2.73. The summed E-state index contributed by atoms with van der Waals surface area (Å²) in [5, 5.41) is 0. The lowest BCUT2D eigenvalue weighted by Crippen LogP contribution is -1.95. The maximum Gasteiger partial charge on any atom is 0.126 e. The molecule has 0 fully saturated rings. The van der Waals surface area contributed by atoms with Crippen LogP contribution in [0.2, 0.25) is 0 Å². The van der Waals surface area contributed by atoms with Crippen molar-refractivity contribution in [3.8, 4) is 11.5 Å². The molecule has 1 aromatic carbocycles. The average Bonchev–Trinajstić information content (AvgIpc) is 2.17. The fourth-order valence-corrected chi connectivity index (χ4v) is 1.01. The highest BCUT2D eigenvalue weighted by Crippen LogP contribution is 2.23. The van der Waals surface area contributed by atoms with Crippen LogP contribution in [0.1, 0.15) is 5.56 Å². The van der Waals surface area contributed by atoms with E-state index in [0.29, 0.717) is 6.61 Å². The zero-order valence-corrected chi connectivity index (χ0v) is 8.04. The van der Waals surface area contributed by atoms with Crippen LogP contribution in [-0.4, -0.2) is 13.7 Å². The van der Waals surface area contributed by atoms with Crippen molar-refractivity contribution in [2.45, 2.75) is 6.92 Å². The zero-order chi connectivity index (χ0) is 9.68. The third kappa shape index (κ3) is 2.51. The SMILES string of the molecule is C=CCOc1cc(OC)ccc1C. The molecule has 0 radical (unpaired) electrons. The van der Waals surface area contributed by atoms with Crippen molar-refractivity contribution >= 4 is 0 Å². The Morgan fingerprint density at radius 3 is 2.85 bits per heavy atom. The van der Waals surface area contributed by atoms with Gasteiger partial charge in [0.1, 0.15) is 18.1 Å². The van der Waals surface area contributed by atoms with Crippen molar-refractivity contribution in [3.63, 3.8) is 0 Å². The monoisotopic (exact) mass is 178 g/mol. The molecular formula is C11H14O2. The lowest BCUT2D eigenvalue weighted by molar-refractivity contribution is 0.354. The zero-order valence-electron chi connectivity index (χ0n) is 8.04. The van der Waals surface area contributed by atoms with Gasteiger partial charge in [0.2, 0.25) is 0 Å². The molecule has 0 atom stereocenters. The van der Waals surface area contributed by atoms with Gasteiger partial charge in [0, 0.05) is 6.07 Å². The number of methoxy groups -OCH3 is 1. The molecule has 0 amide bonds. The summed E-state index contributed by atoms with van der Waals surface area (Å²) >= 11 is 0. The van der Waals surface area contributed by atoms with E-state index in [0.717, 1.165) is 17.1 Å². The summed E-state index contributed by atoms with van der Waals surface area (Å²) in [6, 6.07) is 5.76. The predicted octanol–water partition coefficient (Wildman–Crippen LogP) is 2.57. The van der Waals surface area contributed by atoms with Gasteiger partial charge in [0.15, 0.2) is 0 Å². The van der Waals surface area contributed by atoms with Crippen LogP contribution in [0.5, 0.6) is 11.5 Å². The van der Waals surface area contributed by atoms with E-state index >= 15 is 0 Å². The Hall–Kier alpha value is -1.44. The lowest BCUT2D eigenvalue weighted by Gasteiger charge is -2.08. The third-order valence-corrected chi connectivity index (χ3v) is 1.75. The lowest BCUT2D eigenvalue weighted by atomic mass is 10.2. The summed E-state index contributed by atoms with van der Waals surface area (Å²) in [5.74, 6) is 1.66. The van der Waals surface area contributed by atoms with Crippen LogP contribution in [0.3, 0.4) is 0 Å². The van der Waals surface area contributed by atoms with Crippen molar-refractivity contribution < 1.29 is 9.47 Å². The molecule has 0 N–H and O–H groups in total. The van der Waals surface area contributed by atoms with Gasteiger partial charge in [-0.05, 0) is 18.6 Å². The molecule has 0 unspecified atom stereocenters. The molecule has 0 saturated heterocycles. The minimum absolute atomic E-state index is 0.522. The topological polar surface area (TPSA) is 18.5 Å². The van der Waals surface area contributed by atoms with Crippen molar-refractivity contribution in [2.24, 2.45) is 0 Å². The maximum absolute atomic E-state index is 5.43. The second-order valence-corrected chi connectivity index (χ2v) is 2.73. The number of hydrogen-bond donors (Lipinski definition) is 0. The van der Waals surface area contributed by atoms with E-state index in [9.17, 15) is 0 Å². The minimum Gasteiger partial charge on any atom is -0.497 e. The number of aryl methyl sites for hydroxylation is 1. The first-order valence-electron chi connectivity index (χ1n) is 4.16. The van der Waals surface area contributed by atoms with E-state index in [1.165, 1.54) is 0 Å². The van der Waals surface area contributed by atoms with Crippen LogP contribution >= 0.6 is 0 Å². The van der Waals surface area contributed by atoms with Crippen molar-refractivity contribution in [2.75, 3.05) is 13.7 Å². The van der Waals surface area contributed by atoms with E-state index in [1.807, 2.05) is 25.1 Å². The normalized spacial score (nSPS) is 9.38. The van der Waals surface area contributed by atoms with E-state index in [2.05, 4.69) is 6.58 Å². The first kappa shape index (κ1) is 9.65. The number of hydrogen-bond acceptors (Lipinski definition) is 2. The van der Waals surface area contributed by atoms with Crippen LogP contribution in [0.4, 0.5) is 0 Å². The Bertz CT molecular complexity index is 292. The summed E-state index contributed by atoms with van der Waals surface area (Å²) in [7, 11) is 1.64. The summed E-state index contributed by atoms with van der Waals surface area (Å²) in [6.45, 7) is 6.11. The predicted molar refractivity (Wildman–Crippen MR) is 53.4 cm³/mol. The Kier molecular flexibility index (Phi) is 3.38. The highest BCUT2D eigenvalue weighted by atomic mass is 16.5. The van der Waals surface area contributed by atoms with Gasteiger partial charge >= 0.3 is 0 Å². The van der Waals surface area contributed by atoms with E-state index in [-0.39, 0.29) is 0 Å². The second kappa shape index (κ2) is 4.55. The van der Waals surface area contributed by atoms with Gasteiger partial charge in [-0.15, -0.1) is 0 Å². The average molecular weight is 178 g/mol. The number of rotatable bonds is 4. The largest absolute Gasteiger partial charge is 0.497 e. The molecule has 0 saturated carbocycles. The van der Waals surface area contributed by atoms with Crippen LogP contribution in [0.25, 0.3) is 0 Å². The van der Waals surface area contributed by atoms with E-state index in [4.69, 9.17) is 9.47 Å².